The van der Waals surface area contributed by atoms with Gasteiger partial charge in [0.05, 0.1) is 18.6 Å². The van der Waals surface area contributed by atoms with Gasteiger partial charge in [-0.3, -0.25) is 0 Å². The Morgan fingerprint density at radius 3 is 2.45 bits per heavy atom. The molecule has 1 unspecified atom stereocenters. The minimum atomic E-state index is -3.60. The molecule has 4 rings (SSSR count). The third-order valence-corrected chi connectivity index (χ3v) is 7.43. The number of hydrogen-bond donors (Lipinski definition) is 1. The molecule has 1 aliphatic heterocycles. The molecule has 0 amide bonds. The molecular weight excluding hydrogens is 436 g/mol. The molecule has 33 heavy (non-hydrogen) atoms. The highest BCUT2D eigenvalue weighted by atomic mass is 32.2. The first kappa shape index (κ1) is 22.9. The van der Waals surface area contributed by atoms with Crippen LogP contribution in [0.3, 0.4) is 0 Å². The van der Waals surface area contributed by atoms with Gasteiger partial charge in [-0.05, 0) is 61.0 Å². The Morgan fingerprint density at radius 1 is 1.03 bits per heavy atom. The first-order valence-corrected chi connectivity index (χ1v) is 12.1. The highest BCUT2D eigenvalue weighted by Gasteiger charge is 2.33. The Morgan fingerprint density at radius 2 is 1.76 bits per heavy atom. The van der Waals surface area contributed by atoms with E-state index in [9.17, 15) is 8.42 Å². The van der Waals surface area contributed by atoms with Crippen LogP contribution in [0.2, 0.25) is 0 Å². The molecule has 0 saturated heterocycles. The molecule has 6 nitrogen and oxygen atoms in total. The fraction of sp³-hybridized carbons (Fsp3) is 0.231. The van der Waals surface area contributed by atoms with Crippen molar-refractivity contribution in [2.75, 3.05) is 26.0 Å². The van der Waals surface area contributed by atoms with Crippen LogP contribution >= 0.6 is 0 Å². The normalized spacial score (nSPS) is 17.3. The maximum Gasteiger partial charge on any atom is 0.242 e. The van der Waals surface area contributed by atoms with Crippen molar-refractivity contribution in [1.29, 1.82) is 0 Å². The molecule has 0 aromatic heterocycles. The van der Waals surface area contributed by atoms with Crippen molar-refractivity contribution >= 4 is 21.8 Å². The number of anilines is 1. The molecular formula is C26H28N2O4S. The molecule has 1 atom stereocenters. The third-order valence-electron chi connectivity index (χ3n) is 5.61. The van der Waals surface area contributed by atoms with Gasteiger partial charge in [0.15, 0.2) is 0 Å². The van der Waals surface area contributed by atoms with Crippen molar-refractivity contribution in [3.8, 4) is 11.5 Å². The summed E-state index contributed by atoms with van der Waals surface area (Å²) in [6.07, 6.45) is 3.90. The number of methoxy groups -OCH3 is 1. The Bertz CT molecular complexity index is 1240. The number of benzene rings is 3. The van der Waals surface area contributed by atoms with Crippen molar-refractivity contribution in [2.24, 2.45) is 0 Å². The molecule has 1 aliphatic rings. The summed E-state index contributed by atoms with van der Waals surface area (Å²) in [5.74, 6) is 1.56. The number of rotatable bonds is 8. The molecule has 3 aromatic carbocycles. The van der Waals surface area contributed by atoms with E-state index in [1.165, 1.54) is 4.31 Å². The predicted molar refractivity (Wildman–Crippen MR) is 131 cm³/mol. The Balaban J connectivity index is 1.43. The van der Waals surface area contributed by atoms with Gasteiger partial charge in [0.2, 0.25) is 10.0 Å². The molecule has 1 heterocycles. The van der Waals surface area contributed by atoms with Gasteiger partial charge >= 0.3 is 0 Å². The SMILES string of the molecule is COc1ccc(CNc2ccc3c(c2)C=CC(C)(CN(C)S(=O)(=O)c2ccccc2)O3)cc1. The van der Waals surface area contributed by atoms with E-state index in [0.717, 1.165) is 28.3 Å². The van der Waals surface area contributed by atoms with Crippen molar-refractivity contribution in [2.45, 2.75) is 24.0 Å². The molecule has 1 N–H and O–H groups in total. The van der Waals surface area contributed by atoms with Crippen LogP contribution in [0.1, 0.15) is 18.1 Å². The molecule has 0 aliphatic carbocycles. The Hall–Kier alpha value is -3.29. The second kappa shape index (κ2) is 9.29. The molecule has 0 bridgehead atoms. The minimum absolute atomic E-state index is 0.192. The second-order valence-electron chi connectivity index (χ2n) is 8.28. The zero-order chi connectivity index (χ0) is 23.5. The number of likely N-dealkylation sites (N-methyl/N-ethyl adjacent to an activating group) is 1. The van der Waals surface area contributed by atoms with E-state index in [4.69, 9.17) is 9.47 Å². The van der Waals surface area contributed by atoms with E-state index in [0.29, 0.717) is 6.54 Å². The lowest BCUT2D eigenvalue weighted by atomic mass is 10.00. The fourth-order valence-corrected chi connectivity index (χ4v) is 5.05. The van der Waals surface area contributed by atoms with Gasteiger partial charge in [-0.25, -0.2) is 8.42 Å². The zero-order valence-electron chi connectivity index (χ0n) is 19.0. The lowest BCUT2D eigenvalue weighted by Crippen LogP contribution is -2.45. The Labute approximate surface area is 195 Å². The fourth-order valence-electron chi connectivity index (χ4n) is 3.76. The van der Waals surface area contributed by atoms with E-state index in [1.54, 1.807) is 44.5 Å². The lowest BCUT2D eigenvalue weighted by molar-refractivity contribution is 0.117. The van der Waals surface area contributed by atoms with Crippen molar-refractivity contribution < 1.29 is 17.9 Å². The summed E-state index contributed by atoms with van der Waals surface area (Å²) in [6.45, 7) is 2.77. The average molecular weight is 465 g/mol. The average Bonchev–Trinajstić information content (AvgIpc) is 2.83. The second-order valence-corrected chi connectivity index (χ2v) is 10.3. The van der Waals surface area contributed by atoms with Crippen LogP contribution in [-0.4, -0.2) is 39.0 Å². The summed E-state index contributed by atoms with van der Waals surface area (Å²) in [7, 11) is -0.367. The summed E-state index contributed by atoms with van der Waals surface area (Å²) < 4.78 is 38.6. The van der Waals surface area contributed by atoms with Gasteiger partial charge in [0, 0.05) is 24.8 Å². The summed E-state index contributed by atoms with van der Waals surface area (Å²) in [5, 5.41) is 3.42. The van der Waals surface area contributed by atoms with Crippen molar-refractivity contribution in [1.82, 2.24) is 4.31 Å². The summed E-state index contributed by atoms with van der Waals surface area (Å²) in [4.78, 5) is 0.267. The zero-order valence-corrected chi connectivity index (χ0v) is 19.8. The van der Waals surface area contributed by atoms with Gasteiger partial charge in [-0.15, -0.1) is 0 Å². The monoisotopic (exact) mass is 464 g/mol. The van der Waals surface area contributed by atoms with Crippen LogP contribution in [0.15, 0.2) is 83.8 Å². The molecule has 7 heteroatoms. The highest BCUT2D eigenvalue weighted by molar-refractivity contribution is 7.89. The smallest absolute Gasteiger partial charge is 0.242 e. The minimum Gasteiger partial charge on any atom is -0.497 e. The van der Waals surface area contributed by atoms with Crippen LogP contribution in [-0.2, 0) is 16.6 Å². The maximum absolute atomic E-state index is 12.9. The lowest BCUT2D eigenvalue weighted by Gasteiger charge is -2.34. The van der Waals surface area contributed by atoms with Gasteiger partial charge in [0.25, 0.3) is 0 Å². The predicted octanol–water partition coefficient (Wildman–Crippen LogP) is 4.79. The molecule has 0 radical (unpaired) electrons. The van der Waals surface area contributed by atoms with Gasteiger partial charge < -0.3 is 14.8 Å². The Kier molecular flexibility index (Phi) is 6.44. The standard InChI is InChI=1S/C26H28N2O4S/c1-26(19-28(2)33(29,30)24-7-5-4-6-8-24)16-15-21-17-22(11-14-25(21)32-26)27-18-20-9-12-23(31-3)13-10-20/h4-17,27H,18-19H2,1-3H3. The van der Waals surface area contributed by atoms with Crippen LogP contribution < -0.4 is 14.8 Å². The molecule has 0 spiro atoms. The van der Waals surface area contributed by atoms with Crippen molar-refractivity contribution in [3.63, 3.8) is 0 Å². The first-order chi connectivity index (χ1) is 15.8. The van der Waals surface area contributed by atoms with E-state index in [2.05, 4.69) is 5.32 Å². The molecule has 3 aromatic rings. The van der Waals surface area contributed by atoms with Gasteiger partial charge in [-0.2, -0.15) is 4.31 Å². The quantitative estimate of drug-likeness (QED) is 0.519. The van der Waals surface area contributed by atoms with Gasteiger partial charge in [-0.1, -0.05) is 36.4 Å². The van der Waals surface area contributed by atoms with E-state index < -0.39 is 15.6 Å². The van der Waals surface area contributed by atoms with Crippen LogP contribution in [0.25, 0.3) is 6.08 Å². The number of ether oxygens (including phenoxy) is 2. The first-order valence-electron chi connectivity index (χ1n) is 10.7. The maximum atomic E-state index is 12.9. The summed E-state index contributed by atoms with van der Waals surface area (Å²) in [5.41, 5.74) is 2.29. The van der Waals surface area contributed by atoms with E-state index in [-0.39, 0.29) is 11.4 Å². The van der Waals surface area contributed by atoms with Crippen LogP contribution in [0.4, 0.5) is 5.69 Å². The number of nitrogens with zero attached hydrogens (tertiary/aromatic N) is 1. The highest BCUT2D eigenvalue weighted by Crippen LogP contribution is 2.34. The number of fused-ring (bicyclic) bond motifs is 1. The largest absolute Gasteiger partial charge is 0.497 e. The summed E-state index contributed by atoms with van der Waals surface area (Å²) >= 11 is 0. The van der Waals surface area contributed by atoms with Gasteiger partial charge in [0.1, 0.15) is 17.1 Å². The third kappa shape index (κ3) is 5.21. The molecule has 0 fully saturated rings. The molecule has 172 valence electrons. The molecule has 0 saturated carbocycles. The number of nitrogens with one attached hydrogen (secondary N) is 1. The van der Waals surface area contributed by atoms with Crippen LogP contribution in [0, 0.1) is 0 Å². The van der Waals surface area contributed by atoms with Crippen molar-refractivity contribution in [3.05, 3.63) is 90.0 Å². The summed E-state index contributed by atoms with van der Waals surface area (Å²) in [6, 6.07) is 22.3. The van der Waals surface area contributed by atoms with Crippen LogP contribution in [0.5, 0.6) is 11.5 Å². The van der Waals surface area contributed by atoms with E-state index >= 15 is 0 Å². The number of sulfonamides is 1. The van der Waals surface area contributed by atoms with E-state index in [1.807, 2.05) is 61.5 Å². The number of hydrogen-bond acceptors (Lipinski definition) is 5. The topological polar surface area (TPSA) is 67.9 Å².